The normalized spacial score (nSPS) is 15.3. The molecular formula is C21H26FN5O. The number of anilines is 1. The Kier molecular flexibility index (Phi) is 5.43. The molecule has 0 spiro atoms. The zero-order chi connectivity index (χ0) is 19.5. The molecule has 0 aliphatic carbocycles. The van der Waals surface area contributed by atoms with Crippen molar-refractivity contribution in [3.8, 4) is 5.88 Å². The number of fused-ring (bicyclic) bond motifs is 1. The summed E-state index contributed by atoms with van der Waals surface area (Å²) < 4.78 is 18.8. The summed E-state index contributed by atoms with van der Waals surface area (Å²) in [5.41, 5.74) is 3.10. The molecular weight excluding hydrogens is 357 g/mol. The van der Waals surface area contributed by atoms with Gasteiger partial charge in [0.2, 0.25) is 11.8 Å². The monoisotopic (exact) mass is 383 g/mol. The minimum atomic E-state index is -0.181. The Balaban J connectivity index is 1.29. The van der Waals surface area contributed by atoms with Gasteiger partial charge in [0, 0.05) is 55.0 Å². The molecule has 1 fully saturated rings. The molecule has 28 heavy (non-hydrogen) atoms. The van der Waals surface area contributed by atoms with Gasteiger partial charge in [-0.15, -0.1) is 0 Å². The summed E-state index contributed by atoms with van der Waals surface area (Å²) in [5, 5.41) is 0.996. The molecule has 3 aromatic rings. The predicted molar refractivity (Wildman–Crippen MR) is 109 cm³/mol. The lowest BCUT2D eigenvalue weighted by atomic mass is 10.1. The van der Waals surface area contributed by atoms with Crippen LogP contribution in [0.3, 0.4) is 0 Å². The highest BCUT2D eigenvalue weighted by Crippen LogP contribution is 2.21. The van der Waals surface area contributed by atoms with Crippen LogP contribution in [0, 0.1) is 12.7 Å². The Morgan fingerprint density at radius 1 is 1.14 bits per heavy atom. The lowest BCUT2D eigenvalue weighted by molar-refractivity contribution is 0.253. The number of hydrogen-bond acceptors (Lipinski definition) is 5. The van der Waals surface area contributed by atoms with E-state index in [2.05, 4.69) is 24.8 Å². The maximum absolute atomic E-state index is 13.5. The van der Waals surface area contributed by atoms with Crippen LogP contribution < -0.4 is 9.64 Å². The van der Waals surface area contributed by atoms with Crippen molar-refractivity contribution in [3.05, 3.63) is 47.5 Å². The van der Waals surface area contributed by atoms with Gasteiger partial charge < -0.3 is 14.6 Å². The molecule has 1 aromatic carbocycles. The van der Waals surface area contributed by atoms with Crippen LogP contribution in [-0.4, -0.2) is 59.7 Å². The lowest BCUT2D eigenvalue weighted by Crippen LogP contribution is -2.47. The van der Waals surface area contributed by atoms with Crippen molar-refractivity contribution < 1.29 is 9.13 Å². The maximum Gasteiger partial charge on any atom is 0.228 e. The number of nitrogens with zero attached hydrogens (tertiary/aromatic N) is 4. The van der Waals surface area contributed by atoms with E-state index in [1.807, 2.05) is 19.2 Å². The third-order valence-corrected chi connectivity index (χ3v) is 5.33. The smallest absolute Gasteiger partial charge is 0.228 e. The van der Waals surface area contributed by atoms with Gasteiger partial charge in [0.1, 0.15) is 5.82 Å². The first-order chi connectivity index (χ1) is 13.6. The Labute approximate surface area is 164 Å². The van der Waals surface area contributed by atoms with Crippen molar-refractivity contribution in [2.24, 2.45) is 0 Å². The third-order valence-electron chi connectivity index (χ3n) is 5.33. The molecule has 1 saturated heterocycles. The van der Waals surface area contributed by atoms with Crippen LogP contribution in [0.25, 0.3) is 10.9 Å². The zero-order valence-corrected chi connectivity index (χ0v) is 16.4. The van der Waals surface area contributed by atoms with Gasteiger partial charge >= 0.3 is 0 Å². The van der Waals surface area contributed by atoms with Crippen molar-refractivity contribution in [1.29, 1.82) is 0 Å². The van der Waals surface area contributed by atoms with Crippen LogP contribution in [-0.2, 0) is 6.42 Å². The van der Waals surface area contributed by atoms with E-state index < -0.39 is 0 Å². The highest BCUT2D eigenvalue weighted by molar-refractivity contribution is 5.83. The standard InChI is InChI=1S/C21H26FN5O/c1-15-12-20(28-2)25-21(24-15)27-10-8-26(9-11-27)7-3-4-16-14-23-19-6-5-17(22)13-18(16)19/h5-6,12-14,23H,3-4,7-11H2,1-2H3. The number of methoxy groups -OCH3 is 1. The fourth-order valence-corrected chi connectivity index (χ4v) is 3.79. The number of halogens is 1. The molecule has 7 heteroatoms. The topological polar surface area (TPSA) is 57.3 Å². The van der Waals surface area contributed by atoms with E-state index >= 15 is 0 Å². The van der Waals surface area contributed by atoms with Gasteiger partial charge in [-0.25, -0.2) is 9.37 Å². The minimum absolute atomic E-state index is 0.181. The first kappa shape index (κ1) is 18.7. The number of benzene rings is 1. The first-order valence-corrected chi connectivity index (χ1v) is 9.75. The highest BCUT2D eigenvalue weighted by Gasteiger charge is 2.19. The van der Waals surface area contributed by atoms with Gasteiger partial charge in [-0.2, -0.15) is 4.98 Å². The zero-order valence-electron chi connectivity index (χ0n) is 16.4. The number of H-pyrrole nitrogens is 1. The summed E-state index contributed by atoms with van der Waals surface area (Å²) in [5.74, 6) is 1.18. The van der Waals surface area contributed by atoms with Crippen LogP contribution in [0.5, 0.6) is 5.88 Å². The van der Waals surface area contributed by atoms with E-state index in [1.54, 1.807) is 19.2 Å². The minimum Gasteiger partial charge on any atom is -0.481 e. The van der Waals surface area contributed by atoms with Crippen LogP contribution in [0.2, 0.25) is 0 Å². The number of piperazine rings is 1. The summed E-state index contributed by atoms with van der Waals surface area (Å²) in [6.45, 7) is 6.79. The summed E-state index contributed by atoms with van der Waals surface area (Å²) in [4.78, 5) is 16.9. The molecule has 4 rings (SSSR count). The number of hydrogen-bond donors (Lipinski definition) is 1. The van der Waals surface area contributed by atoms with Crippen LogP contribution in [0.15, 0.2) is 30.5 Å². The van der Waals surface area contributed by atoms with E-state index in [0.29, 0.717) is 5.88 Å². The quantitative estimate of drug-likeness (QED) is 0.709. The number of aromatic nitrogens is 3. The van der Waals surface area contributed by atoms with Crippen molar-refractivity contribution in [2.45, 2.75) is 19.8 Å². The molecule has 0 radical (unpaired) electrons. The fraction of sp³-hybridized carbons (Fsp3) is 0.429. The molecule has 3 heterocycles. The van der Waals surface area contributed by atoms with Crippen molar-refractivity contribution >= 4 is 16.9 Å². The van der Waals surface area contributed by atoms with Crippen LogP contribution in [0.1, 0.15) is 17.7 Å². The molecule has 0 bridgehead atoms. The average molecular weight is 383 g/mol. The van der Waals surface area contributed by atoms with Gasteiger partial charge in [-0.1, -0.05) is 0 Å². The highest BCUT2D eigenvalue weighted by atomic mass is 19.1. The third kappa shape index (κ3) is 4.09. The molecule has 0 unspecified atom stereocenters. The lowest BCUT2D eigenvalue weighted by Gasteiger charge is -2.34. The Hall–Kier alpha value is -2.67. The average Bonchev–Trinajstić information content (AvgIpc) is 3.10. The molecule has 148 valence electrons. The molecule has 0 atom stereocenters. The second-order valence-corrected chi connectivity index (χ2v) is 7.29. The molecule has 1 N–H and O–H groups in total. The van der Waals surface area contributed by atoms with Crippen molar-refractivity contribution in [1.82, 2.24) is 19.9 Å². The van der Waals surface area contributed by atoms with E-state index in [1.165, 1.54) is 11.6 Å². The predicted octanol–water partition coefficient (Wildman–Crippen LogP) is 3.17. The second-order valence-electron chi connectivity index (χ2n) is 7.29. The van der Waals surface area contributed by atoms with Gasteiger partial charge in [0.25, 0.3) is 0 Å². The molecule has 6 nitrogen and oxygen atoms in total. The Morgan fingerprint density at radius 2 is 1.96 bits per heavy atom. The van der Waals surface area contributed by atoms with Gasteiger partial charge in [-0.05, 0) is 50.1 Å². The number of aryl methyl sites for hydroxylation is 2. The van der Waals surface area contributed by atoms with E-state index in [0.717, 1.165) is 68.1 Å². The maximum atomic E-state index is 13.5. The van der Waals surface area contributed by atoms with Crippen molar-refractivity contribution in [3.63, 3.8) is 0 Å². The van der Waals surface area contributed by atoms with Gasteiger partial charge in [0.15, 0.2) is 0 Å². The van der Waals surface area contributed by atoms with E-state index in [9.17, 15) is 4.39 Å². The second kappa shape index (κ2) is 8.14. The number of rotatable bonds is 6. The summed E-state index contributed by atoms with van der Waals surface area (Å²) in [6.07, 6.45) is 4.00. The fourth-order valence-electron chi connectivity index (χ4n) is 3.79. The Bertz CT molecular complexity index is 949. The SMILES string of the molecule is COc1cc(C)nc(N2CCN(CCCc3c[nH]c4ccc(F)cc34)CC2)n1. The van der Waals surface area contributed by atoms with Gasteiger partial charge in [-0.3, -0.25) is 4.90 Å². The summed E-state index contributed by atoms with van der Waals surface area (Å²) in [7, 11) is 1.63. The molecule has 0 saturated carbocycles. The summed E-state index contributed by atoms with van der Waals surface area (Å²) in [6, 6.07) is 6.76. The van der Waals surface area contributed by atoms with E-state index in [-0.39, 0.29) is 5.82 Å². The number of aromatic amines is 1. The summed E-state index contributed by atoms with van der Waals surface area (Å²) >= 11 is 0. The van der Waals surface area contributed by atoms with Gasteiger partial charge in [0.05, 0.1) is 7.11 Å². The van der Waals surface area contributed by atoms with E-state index in [4.69, 9.17) is 4.74 Å². The van der Waals surface area contributed by atoms with Crippen molar-refractivity contribution in [2.75, 3.05) is 44.7 Å². The molecule has 0 amide bonds. The first-order valence-electron chi connectivity index (χ1n) is 9.75. The molecule has 1 aliphatic rings. The number of ether oxygens (including phenoxy) is 1. The molecule has 1 aliphatic heterocycles. The van der Waals surface area contributed by atoms with Crippen LogP contribution in [0.4, 0.5) is 10.3 Å². The largest absolute Gasteiger partial charge is 0.481 e. The molecule has 2 aromatic heterocycles. The Morgan fingerprint density at radius 3 is 2.75 bits per heavy atom. The van der Waals surface area contributed by atoms with Crippen LogP contribution >= 0.6 is 0 Å². The number of nitrogens with one attached hydrogen (secondary N) is 1.